The smallest absolute Gasteiger partial charge is 0.248 e. The van der Waals surface area contributed by atoms with Crippen LogP contribution < -0.4 is 5.32 Å². The maximum Gasteiger partial charge on any atom is 0.248 e. The number of aromatic nitrogens is 3. The van der Waals surface area contributed by atoms with E-state index in [-0.39, 0.29) is 30.2 Å². The Morgan fingerprint density at radius 3 is 2.39 bits per heavy atom. The molecule has 174 valence electrons. The normalized spacial score (nSPS) is 26.5. The number of likely N-dealkylation sites (N-methyl/N-ethyl adjacent to an activating group) is 1. The molecule has 3 N–H and O–H groups in total. The lowest BCUT2D eigenvalue weighted by Gasteiger charge is -2.39. The second-order valence-corrected chi connectivity index (χ2v) is 11.1. The van der Waals surface area contributed by atoms with Crippen LogP contribution in [0, 0.1) is 10.8 Å². The number of carbonyl (C=O) groups is 2. The molecule has 1 saturated heterocycles. The number of nitrogens with zero attached hydrogens (tertiary/aromatic N) is 4. The standard InChI is InChI=1S/C22H37N5O4/c1-20(2,3)17(19(30)26-12-14(28)11-15(26)18(29)23-6)27-13-16(24-25-27)22(31)9-7-21(4,5)8-10-22/h13-15,17,28,31H,7-12H2,1-6H3,(H,23,29)/t14?,15-,17?/m1/s1. The molecule has 2 fully saturated rings. The molecule has 1 aromatic heterocycles. The van der Waals surface area contributed by atoms with Crippen LogP contribution in [0.25, 0.3) is 0 Å². The average molecular weight is 436 g/mol. The highest BCUT2D eigenvalue weighted by atomic mass is 16.3. The summed E-state index contributed by atoms with van der Waals surface area (Å²) in [5.74, 6) is -0.582. The Morgan fingerprint density at radius 2 is 1.84 bits per heavy atom. The van der Waals surface area contributed by atoms with Gasteiger partial charge in [-0.1, -0.05) is 39.8 Å². The van der Waals surface area contributed by atoms with Crippen molar-refractivity contribution in [1.82, 2.24) is 25.2 Å². The van der Waals surface area contributed by atoms with Crippen molar-refractivity contribution in [1.29, 1.82) is 0 Å². The topological polar surface area (TPSA) is 121 Å². The van der Waals surface area contributed by atoms with Gasteiger partial charge in [-0.05, 0) is 36.5 Å². The van der Waals surface area contributed by atoms with Crippen molar-refractivity contribution in [2.24, 2.45) is 10.8 Å². The summed E-state index contributed by atoms with van der Waals surface area (Å²) in [5.41, 5.74) is -0.903. The van der Waals surface area contributed by atoms with Gasteiger partial charge < -0.3 is 20.4 Å². The van der Waals surface area contributed by atoms with E-state index in [4.69, 9.17) is 0 Å². The van der Waals surface area contributed by atoms with Crippen molar-refractivity contribution in [3.8, 4) is 0 Å². The molecule has 0 bridgehead atoms. The van der Waals surface area contributed by atoms with Crippen LogP contribution >= 0.6 is 0 Å². The van der Waals surface area contributed by atoms with Gasteiger partial charge in [0.1, 0.15) is 23.4 Å². The van der Waals surface area contributed by atoms with E-state index in [1.807, 2.05) is 20.8 Å². The van der Waals surface area contributed by atoms with Crippen LogP contribution in [0.15, 0.2) is 6.20 Å². The fourth-order valence-electron chi connectivity index (χ4n) is 4.72. The zero-order valence-corrected chi connectivity index (χ0v) is 19.6. The lowest BCUT2D eigenvalue weighted by Crippen LogP contribution is -2.49. The average Bonchev–Trinajstić information content (AvgIpc) is 3.30. The monoisotopic (exact) mass is 435 g/mol. The van der Waals surface area contributed by atoms with Crippen LogP contribution in [0.1, 0.15) is 78.5 Å². The molecule has 1 aliphatic carbocycles. The Balaban J connectivity index is 1.89. The quantitative estimate of drug-likeness (QED) is 0.657. The maximum absolute atomic E-state index is 13.6. The Morgan fingerprint density at radius 1 is 1.23 bits per heavy atom. The van der Waals surface area contributed by atoms with Crippen LogP contribution in [0.5, 0.6) is 0 Å². The Hall–Kier alpha value is -2.00. The van der Waals surface area contributed by atoms with E-state index in [0.29, 0.717) is 18.5 Å². The van der Waals surface area contributed by atoms with Gasteiger partial charge in [-0.2, -0.15) is 0 Å². The molecular weight excluding hydrogens is 398 g/mol. The Bertz CT molecular complexity index is 818. The molecule has 3 atom stereocenters. The molecule has 9 nitrogen and oxygen atoms in total. The van der Waals surface area contributed by atoms with Gasteiger partial charge in [-0.15, -0.1) is 5.10 Å². The van der Waals surface area contributed by atoms with Crippen molar-refractivity contribution < 1.29 is 19.8 Å². The van der Waals surface area contributed by atoms with Crippen LogP contribution in [0.4, 0.5) is 0 Å². The van der Waals surface area contributed by atoms with Gasteiger partial charge >= 0.3 is 0 Å². The van der Waals surface area contributed by atoms with Crippen molar-refractivity contribution >= 4 is 11.8 Å². The number of likely N-dealkylation sites (tertiary alicyclic amines) is 1. The number of carbonyl (C=O) groups excluding carboxylic acids is 2. The molecule has 9 heteroatoms. The molecule has 0 radical (unpaired) electrons. The van der Waals surface area contributed by atoms with E-state index in [1.165, 1.54) is 16.6 Å². The van der Waals surface area contributed by atoms with Crippen molar-refractivity contribution in [2.75, 3.05) is 13.6 Å². The summed E-state index contributed by atoms with van der Waals surface area (Å²) in [6, 6.07) is -1.44. The van der Waals surface area contributed by atoms with Gasteiger partial charge in [-0.25, -0.2) is 4.68 Å². The van der Waals surface area contributed by atoms with E-state index in [9.17, 15) is 19.8 Å². The molecule has 31 heavy (non-hydrogen) atoms. The van der Waals surface area contributed by atoms with Gasteiger partial charge in [0.25, 0.3) is 0 Å². The Kier molecular flexibility index (Phi) is 6.23. The minimum atomic E-state index is -1.05. The summed E-state index contributed by atoms with van der Waals surface area (Å²) in [4.78, 5) is 27.4. The van der Waals surface area contributed by atoms with Crippen LogP contribution in [0.2, 0.25) is 0 Å². The zero-order valence-electron chi connectivity index (χ0n) is 19.6. The summed E-state index contributed by atoms with van der Waals surface area (Å²) >= 11 is 0. The molecule has 3 rings (SSSR count). The second-order valence-electron chi connectivity index (χ2n) is 11.1. The number of rotatable bonds is 4. The van der Waals surface area contributed by atoms with Crippen molar-refractivity contribution in [3.05, 3.63) is 11.9 Å². The van der Waals surface area contributed by atoms with Crippen molar-refractivity contribution in [2.45, 2.75) is 90.5 Å². The van der Waals surface area contributed by atoms with Crippen LogP contribution in [-0.4, -0.2) is 67.7 Å². The number of hydrogen-bond acceptors (Lipinski definition) is 6. The van der Waals surface area contributed by atoms with E-state index in [0.717, 1.165) is 12.8 Å². The zero-order chi connectivity index (χ0) is 23.2. The molecule has 2 unspecified atom stereocenters. The highest BCUT2D eigenvalue weighted by Gasteiger charge is 2.46. The molecule has 0 spiro atoms. The first-order valence-corrected chi connectivity index (χ1v) is 11.1. The van der Waals surface area contributed by atoms with Gasteiger partial charge in [0.05, 0.1) is 12.3 Å². The minimum absolute atomic E-state index is 0.101. The minimum Gasteiger partial charge on any atom is -0.391 e. The summed E-state index contributed by atoms with van der Waals surface area (Å²) in [7, 11) is 1.52. The number of β-amino-alcohol motifs (C(OH)–C–C–N with tert-alkyl or cyclic N) is 1. The fourth-order valence-corrected chi connectivity index (χ4v) is 4.72. The largest absolute Gasteiger partial charge is 0.391 e. The summed E-state index contributed by atoms with van der Waals surface area (Å²) in [6.07, 6.45) is 4.11. The molecule has 1 aromatic rings. The van der Waals surface area contributed by atoms with Gasteiger partial charge in [0, 0.05) is 20.0 Å². The van der Waals surface area contributed by atoms with E-state index in [2.05, 4.69) is 29.5 Å². The lowest BCUT2D eigenvalue weighted by molar-refractivity contribution is -0.144. The summed E-state index contributed by atoms with van der Waals surface area (Å²) in [6.45, 7) is 10.3. The molecule has 1 saturated carbocycles. The lowest BCUT2D eigenvalue weighted by atomic mass is 9.70. The van der Waals surface area contributed by atoms with Gasteiger partial charge in [0.15, 0.2) is 0 Å². The predicted molar refractivity (Wildman–Crippen MR) is 115 cm³/mol. The molecule has 0 aromatic carbocycles. The number of nitrogens with one attached hydrogen (secondary N) is 1. The fraction of sp³-hybridized carbons (Fsp3) is 0.818. The second kappa shape index (κ2) is 8.16. The third-order valence-corrected chi connectivity index (χ3v) is 6.85. The third kappa shape index (κ3) is 4.77. The number of hydrogen-bond donors (Lipinski definition) is 3. The molecule has 1 aliphatic heterocycles. The molecule has 2 heterocycles. The van der Waals surface area contributed by atoms with E-state index >= 15 is 0 Å². The molecular formula is C22H37N5O4. The first kappa shape index (κ1) is 23.7. The van der Waals surface area contributed by atoms with Crippen LogP contribution in [-0.2, 0) is 15.2 Å². The third-order valence-electron chi connectivity index (χ3n) is 6.85. The first-order chi connectivity index (χ1) is 14.3. The molecule has 2 aliphatic rings. The maximum atomic E-state index is 13.6. The van der Waals surface area contributed by atoms with Crippen LogP contribution in [0.3, 0.4) is 0 Å². The SMILES string of the molecule is CNC(=O)[C@H]1CC(O)CN1C(=O)C(n1cc(C2(O)CCC(C)(C)CC2)nn1)C(C)(C)C. The number of aliphatic hydroxyl groups is 2. The first-order valence-electron chi connectivity index (χ1n) is 11.1. The Labute approximate surface area is 184 Å². The highest BCUT2D eigenvalue weighted by molar-refractivity contribution is 5.90. The summed E-state index contributed by atoms with van der Waals surface area (Å²) < 4.78 is 1.51. The van der Waals surface area contributed by atoms with E-state index in [1.54, 1.807) is 6.20 Å². The van der Waals surface area contributed by atoms with Gasteiger partial charge in [-0.3, -0.25) is 9.59 Å². The van der Waals surface area contributed by atoms with Gasteiger partial charge in [0.2, 0.25) is 11.8 Å². The number of aliphatic hydroxyl groups excluding tert-OH is 1. The van der Waals surface area contributed by atoms with E-state index < -0.39 is 29.2 Å². The summed E-state index contributed by atoms with van der Waals surface area (Å²) in [5, 5.41) is 32.4. The highest BCUT2D eigenvalue weighted by Crippen LogP contribution is 2.45. The molecule has 2 amide bonds. The predicted octanol–water partition coefficient (Wildman–Crippen LogP) is 1.36. The number of amides is 2. The van der Waals surface area contributed by atoms with Crippen molar-refractivity contribution in [3.63, 3.8) is 0 Å².